The number of aromatic amines is 1. The third kappa shape index (κ3) is 8.05. The Balaban J connectivity index is 1.95. The first-order valence-corrected chi connectivity index (χ1v) is 11.4. The van der Waals surface area contributed by atoms with Gasteiger partial charge in [0.05, 0.1) is 12.6 Å². The van der Waals surface area contributed by atoms with Crippen molar-refractivity contribution in [3.63, 3.8) is 0 Å². The van der Waals surface area contributed by atoms with E-state index in [1.165, 1.54) is 6.92 Å². The molecule has 2 rings (SSSR count). The van der Waals surface area contributed by atoms with Crippen LogP contribution in [0.5, 0.6) is 0 Å². The number of amides is 3. The summed E-state index contributed by atoms with van der Waals surface area (Å²) in [6.45, 7) is 1.13. The van der Waals surface area contributed by atoms with Crippen molar-refractivity contribution < 1.29 is 29.4 Å². The molecule has 0 radical (unpaired) electrons. The van der Waals surface area contributed by atoms with E-state index in [0.29, 0.717) is 24.9 Å². The fourth-order valence-electron chi connectivity index (χ4n) is 3.51. The maximum Gasteiger partial charge on any atom is 0.326 e. The molecule has 1 aromatic heterocycles. The number of unbranched alkanes of at least 4 members (excludes halogenated alkanes) is 1. The molecule has 12 nitrogen and oxygen atoms in total. The van der Waals surface area contributed by atoms with Crippen LogP contribution in [0.3, 0.4) is 0 Å². The number of hydrogen-bond acceptors (Lipinski definition) is 7. The number of aromatic nitrogens is 1. The van der Waals surface area contributed by atoms with Crippen molar-refractivity contribution in [1.29, 1.82) is 0 Å². The van der Waals surface area contributed by atoms with Gasteiger partial charge in [0.2, 0.25) is 17.7 Å². The average molecular weight is 491 g/mol. The van der Waals surface area contributed by atoms with Gasteiger partial charge in [-0.1, -0.05) is 24.6 Å². The molecule has 0 saturated carbocycles. The minimum Gasteiger partial charge on any atom is -0.480 e. The summed E-state index contributed by atoms with van der Waals surface area (Å²) in [7, 11) is 0. The molecular weight excluding hydrogens is 456 g/mol. The van der Waals surface area contributed by atoms with Crippen LogP contribution in [-0.2, 0) is 25.6 Å². The summed E-state index contributed by atoms with van der Waals surface area (Å²) in [6, 6.07) is 2.78. The van der Waals surface area contributed by atoms with E-state index in [9.17, 15) is 29.4 Å². The zero-order valence-corrected chi connectivity index (χ0v) is 19.6. The highest BCUT2D eigenvalue weighted by Gasteiger charge is 2.29. The fraction of sp³-hybridized carbons (Fsp3) is 0.478. The summed E-state index contributed by atoms with van der Waals surface area (Å²) < 4.78 is 0. The van der Waals surface area contributed by atoms with Crippen LogP contribution in [0.25, 0.3) is 10.9 Å². The Kier molecular flexibility index (Phi) is 10.6. The molecule has 0 bridgehead atoms. The minimum atomic E-state index is -1.41. The van der Waals surface area contributed by atoms with Crippen molar-refractivity contribution in [2.75, 3.05) is 13.2 Å². The predicted octanol–water partition coefficient (Wildman–Crippen LogP) is -1.28. The molecule has 3 amide bonds. The molecule has 192 valence electrons. The monoisotopic (exact) mass is 490 g/mol. The second-order valence-electron chi connectivity index (χ2n) is 8.33. The molecule has 10 N–H and O–H groups in total. The first-order chi connectivity index (χ1) is 16.7. The highest BCUT2D eigenvalue weighted by molar-refractivity contribution is 5.94. The van der Waals surface area contributed by atoms with Crippen LogP contribution >= 0.6 is 0 Å². The van der Waals surface area contributed by atoms with E-state index in [0.717, 1.165) is 17.3 Å². The van der Waals surface area contributed by atoms with Crippen LogP contribution in [0.4, 0.5) is 0 Å². The Morgan fingerprint density at radius 3 is 2.34 bits per heavy atom. The van der Waals surface area contributed by atoms with Crippen LogP contribution in [0.1, 0.15) is 31.7 Å². The van der Waals surface area contributed by atoms with Gasteiger partial charge in [-0.05, 0) is 37.9 Å². The number of carboxylic acids is 1. The fourth-order valence-corrected chi connectivity index (χ4v) is 3.51. The molecule has 0 spiro atoms. The van der Waals surface area contributed by atoms with E-state index in [1.54, 1.807) is 6.20 Å². The van der Waals surface area contributed by atoms with E-state index in [2.05, 4.69) is 20.9 Å². The summed E-state index contributed by atoms with van der Waals surface area (Å²) >= 11 is 0. The van der Waals surface area contributed by atoms with Crippen molar-refractivity contribution in [3.8, 4) is 0 Å². The number of carbonyl (C=O) groups excluding carboxylic acids is 3. The number of carbonyl (C=O) groups is 4. The van der Waals surface area contributed by atoms with Crippen LogP contribution in [-0.4, -0.2) is 76.2 Å². The summed E-state index contributed by atoms with van der Waals surface area (Å²) in [5.41, 5.74) is 12.7. The number of H-pyrrole nitrogens is 1. The van der Waals surface area contributed by atoms with Gasteiger partial charge in [0.15, 0.2) is 0 Å². The molecule has 4 unspecified atom stereocenters. The van der Waals surface area contributed by atoms with Gasteiger partial charge >= 0.3 is 5.97 Å². The Labute approximate surface area is 202 Å². The zero-order valence-electron chi connectivity index (χ0n) is 19.6. The van der Waals surface area contributed by atoms with Crippen molar-refractivity contribution in [2.24, 2.45) is 11.5 Å². The highest BCUT2D eigenvalue weighted by Crippen LogP contribution is 2.19. The topological polar surface area (TPSA) is 213 Å². The van der Waals surface area contributed by atoms with Gasteiger partial charge in [-0.15, -0.1) is 0 Å². The first kappa shape index (κ1) is 27.8. The lowest BCUT2D eigenvalue weighted by molar-refractivity contribution is -0.142. The van der Waals surface area contributed by atoms with E-state index in [4.69, 9.17) is 11.5 Å². The smallest absolute Gasteiger partial charge is 0.326 e. The zero-order chi connectivity index (χ0) is 26.0. The molecule has 0 aliphatic rings. The molecule has 35 heavy (non-hydrogen) atoms. The van der Waals surface area contributed by atoms with E-state index >= 15 is 0 Å². The molecular formula is C23H34N6O6. The summed E-state index contributed by atoms with van der Waals surface area (Å²) in [5.74, 6) is -3.40. The normalized spacial score (nSPS) is 14.5. The summed E-state index contributed by atoms with van der Waals surface area (Å²) in [6.07, 6.45) is 3.46. The second kappa shape index (κ2) is 13.4. The molecule has 4 atom stereocenters. The van der Waals surface area contributed by atoms with E-state index in [1.807, 2.05) is 24.3 Å². The van der Waals surface area contributed by atoms with Crippen LogP contribution < -0.4 is 27.4 Å². The largest absolute Gasteiger partial charge is 0.480 e. The van der Waals surface area contributed by atoms with Gasteiger partial charge in [-0.3, -0.25) is 14.4 Å². The van der Waals surface area contributed by atoms with Crippen molar-refractivity contribution in [1.82, 2.24) is 20.9 Å². The lowest BCUT2D eigenvalue weighted by Gasteiger charge is -2.22. The van der Waals surface area contributed by atoms with E-state index < -0.39 is 54.5 Å². The average Bonchev–Trinajstić information content (AvgIpc) is 3.24. The number of para-hydroxylation sites is 1. The standard InChI is InChI=1S/C23H34N6O6/c1-13(27-21(32)16(25)7-4-5-9-24)20(31)29-19(12-30)22(33)28-18(23(34)35)10-14-11-26-17-8-3-2-6-15(14)17/h2-3,6,8,11,13,16,18-19,26,30H,4-5,7,9-10,12,24-25H2,1H3,(H,27,32)(H,28,33)(H,29,31)(H,34,35). The maximum atomic E-state index is 12.6. The van der Waals surface area contributed by atoms with Gasteiger partial charge in [0.25, 0.3) is 0 Å². The Morgan fingerprint density at radius 2 is 1.69 bits per heavy atom. The Hall–Kier alpha value is -3.48. The quantitative estimate of drug-likeness (QED) is 0.149. The Bertz CT molecular complexity index is 1020. The third-order valence-corrected chi connectivity index (χ3v) is 5.59. The van der Waals surface area contributed by atoms with Crippen molar-refractivity contribution in [2.45, 2.75) is 56.8 Å². The van der Waals surface area contributed by atoms with Gasteiger partial charge < -0.3 is 42.6 Å². The van der Waals surface area contributed by atoms with Crippen molar-refractivity contribution in [3.05, 3.63) is 36.0 Å². The van der Waals surface area contributed by atoms with Gasteiger partial charge in [0, 0.05) is 23.5 Å². The number of aliphatic hydroxyl groups excluding tert-OH is 1. The molecule has 1 heterocycles. The number of nitrogens with one attached hydrogen (secondary N) is 4. The minimum absolute atomic E-state index is 0.00825. The summed E-state index contributed by atoms with van der Waals surface area (Å²) in [4.78, 5) is 52.1. The van der Waals surface area contributed by atoms with Crippen molar-refractivity contribution >= 4 is 34.6 Å². The molecule has 0 aliphatic heterocycles. The molecule has 0 fully saturated rings. The highest BCUT2D eigenvalue weighted by atomic mass is 16.4. The van der Waals surface area contributed by atoms with Gasteiger partial charge in [-0.25, -0.2) is 4.79 Å². The number of aliphatic hydroxyl groups is 1. The van der Waals surface area contributed by atoms with E-state index in [-0.39, 0.29) is 6.42 Å². The number of aliphatic carboxylic acids is 1. The third-order valence-electron chi connectivity index (χ3n) is 5.59. The Morgan fingerprint density at radius 1 is 1.00 bits per heavy atom. The van der Waals surface area contributed by atoms with Crippen LogP contribution in [0.2, 0.25) is 0 Å². The molecule has 0 aliphatic carbocycles. The SMILES string of the molecule is CC(NC(=O)C(N)CCCCN)C(=O)NC(CO)C(=O)NC(Cc1c[nH]c2ccccc12)C(=O)O. The first-order valence-electron chi connectivity index (χ1n) is 11.4. The number of rotatable bonds is 14. The lowest BCUT2D eigenvalue weighted by atomic mass is 10.0. The molecule has 1 aromatic carbocycles. The number of carboxylic acid groups (broad SMARTS) is 1. The van der Waals surface area contributed by atoms with Crippen LogP contribution in [0, 0.1) is 0 Å². The lowest BCUT2D eigenvalue weighted by Crippen LogP contribution is -2.57. The summed E-state index contributed by atoms with van der Waals surface area (Å²) in [5, 5.41) is 27.2. The predicted molar refractivity (Wildman–Crippen MR) is 129 cm³/mol. The van der Waals surface area contributed by atoms with Gasteiger partial charge in [-0.2, -0.15) is 0 Å². The number of nitrogens with two attached hydrogens (primary N) is 2. The molecule has 12 heteroatoms. The molecule has 0 saturated heterocycles. The van der Waals surface area contributed by atoms with Gasteiger partial charge in [0.1, 0.15) is 18.1 Å². The van der Waals surface area contributed by atoms with Crippen LogP contribution in [0.15, 0.2) is 30.5 Å². The number of benzene rings is 1. The maximum absolute atomic E-state index is 12.6. The number of hydrogen-bond donors (Lipinski definition) is 8. The second-order valence-corrected chi connectivity index (χ2v) is 8.33. The molecule has 2 aromatic rings. The number of fused-ring (bicyclic) bond motifs is 1.